The lowest BCUT2D eigenvalue weighted by Gasteiger charge is -2.31. The smallest absolute Gasteiger partial charge is 0.475 e. The summed E-state index contributed by atoms with van der Waals surface area (Å²) in [6.45, 7) is 0.951. The van der Waals surface area contributed by atoms with Crippen LogP contribution in [0.25, 0.3) is 0 Å². The van der Waals surface area contributed by atoms with E-state index in [2.05, 4.69) is 9.97 Å². The molecule has 2 fully saturated rings. The zero-order valence-electron chi connectivity index (χ0n) is 15.8. The lowest BCUT2D eigenvalue weighted by molar-refractivity contribution is -0.192. The third kappa shape index (κ3) is 5.47. The maximum absolute atomic E-state index is 13.8. The first-order chi connectivity index (χ1) is 14.7. The molecule has 168 valence electrons. The summed E-state index contributed by atoms with van der Waals surface area (Å²) in [7, 11) is 0. The molecule has 2 saturated heterocycles. The molecule has 2 aromatic heterocycles. The van der Waals surface area contributed by atoms with Crippen LogP contribution in [0.4, 0.5) is 17.6 Å². The number of thiazole rings is 1. The van der Waals surface area contributed by atoms with Crippen molar-refractivity contribution in [1.29, 1.82) is 0 Å². The number of aliphatic carboxylic acids is 1. The van der Waals surface area contributed by atoms with Crippen LogP contribution in [0, 0.1) is 5.82 Å². The summed E-state index contributed by atoms with van der Waals surface area (Å²) in [5.41, 5.74) is 2.06. The van der Waals surface area contributed by atoms with Gasteiger partial charge in [0.05, 0.1) is 18.1 Å². The van der Waals surface area contributed by atoms with Crippen LogP contribution in [-0.4, -0.2) is 69.4 Å². The first kappa shape index (κ1) is 22.9. The number of halogens is 4. The van der Waals surface area contributed by atoms with Gasteiger partial charge in [-0.1, -0.05) is 0 Å². The number of carboxylic acids is 1. The third-order valence-corrected chi connectivity index (χ3v) is 5.21. The van der Waals surface area contributed by atoms with Crippen LogP contribution in [0.15, 0.2) is 29.2 Å². The average molecular weight is 463 g/mol. The number of nitrogens with zero attached hydrogens (tertiary/aromatic N) is 3. The fourth-order valence-corrected chi connectivity index (χ4v) is 3.84. The topological polar surface area (TPSA) is 102 Å². The van der Waals surface area contributed by atoms with Gasteiger partial charge < -0.3 is 19.5 Å². The Balaban J connectivity index is 0.000000339. The van der Waals surface area contributed by atoms with Crippen molar-refractivity contribution < 1.29 is 41.7 Å². The van der Waals surface area contributed by atoms with Gasteiger partial charge in [-0.05, 0) is 25.0 Å². The van der Waals surface area contributed by atoms with E-state index < -0.39 is 24.1 Å². The van der Waals surface area contributed by atoms with E-state index in [4.69, 9.17) is 19.4 Å². The largest absolute Gasteiger partial charge is 0.490 e. The molecule has 2 aliphatic rings. The van der Waals surface area contributed by atoms with Gasteiger partial charge >= 0.3 is 12.1 Å². The Morgan fingerprint density at radius 1 is 1.32 bits per heavy atom. The van der Waals surface area contributed by atoms with Crippen molar-refractivity contribution >= 4 is 23.2 Å². The summed E-state index contributed by atoms with van der Waals surface area (Å²) in [4.78, 5) is 31.4. The number of hydrogen-bond acceptors (Lipinski definition) is 7. The van der Waals surface area contributed by atoms with E-state index in [1.54, 1.807) is 15.8 Å². The summed E-state index contributed by atoms with van der Waals surface area (Å²) >= 11 is 1.38. The first-order valence-corrected chi connectivity index (χ1v) is 10.0. The van der Waals surface area contributed by atoms with Gasteiger partial charge in [0.15, 0.2) is 5.82 Å². The first-order valence-electron chi connectivity index (χ1n) is 9.06. The molecule has 1 amide bonds. The highest BCUT2D eigenvalue weighted by Gasteiger charge is 2.48. The molecule has 0 saturated carbocycles. The van der Waals surface area contributed by atoms with Gasteiger partial charge in [-0.2, -0.15) is 13.2 Å². The number of fused-ring (bicyclic) bond motifs is 1. The number of alkyl halides is 3. The third-order valence-electron chi connectivity index (χ3n) is 4.62. The minimum absolute atomic E-state index is 0.0571. The van der Waals surface area contributed by atoms with E-state index in [1.807, 2.05) is 0 Å². The fourth-order valence-electron chi connectivity index (χ4n) is 3.31. The van der Waals surface area contributed by atoms with Gasteiger partial charge in [-0.15, -0.1) is 11.3 Å². The molecule has 8 nitrogen and oxygen atoms in total. The van der Waals surface area contributed by atoms with Gasteiger partial charge in [0.25, 0.3) is 11.8 Å². The van der Waals surface area contributed by atoms with Crippen LogP contribution in [-0.2, 0) is 9.53 Å². The molecule has 31 heavy (non-hydrogen) atoms. The second kappa shape index (κ2) is 9.56. The van der Waals surface area contributed by atoms with Gasteiger partial charge in [-0.25, -0.2) is 19.2 Å². The minimum Gasteiger partial charge on any atom is -0.475 e. The molecule has 13 heteroatoms. The number of carbonyl (C=O) groups is 2. The lowest BCUT2D eigenvalue weighted by atomic mass is 10.0. The number of pyridine rings is 1. The van der Waals surface area contributed by atoms with Crippen molar-refractivity contribution in [3.8, 4) is 5.88 Å². The van der Waals surface area contributed by atoms with Gasteiger partial charge in [0, 0.05) is 18.2 Å². The van der Waals surface area contributed by atoms with Crippen molar-refractivity contribution in [1.82, 2.24) is 14.9 Å². The number of amides is 1. The Kier molecular flexibility index (Phi) is 7.05. The Hall–Kier alpha value is -2.80. The van der Waals surface area contributed by atoms with E-state index >= 15 is 0 Å². The molecule has 0 aromatic carbocycles. The second-order valence-corrected chi connectivity index (χ2v) is 7.34. The van der Waals surface area contributed by atoms with Crippen LogP contribution < -0.4 is 4.74 Å². The highest BCUT2D eigenvalue weighted by molar-refractivity contribution is 7.07. The van der Waals surface area contributed by atoms with Crippen LogP contribution in [0.3, 0.4) is 0 Å². The molecule has 2 aliphatic heterocycles. The van der Waals surface area contributed by atoms with Crippen LogP contribution >= 0.6 is 11.3 Å². The Morgan fingerprint density at radius 3 is 2.68 bits per heavy atom. The summed E-state index contributed by atoms with van der Waals surface area (Å²) < 4.78 is 57.2. The molecule has 0 bridgehead atoms. The molecule has 4 rings (SSSR count). The average Bonchev–Trinajstić information content (AvgIpc) is 3.38. The SMILES string of the molecule is O=C(O)C(F)(F)F.O=C(c1cscn1)N1C[C@H](Oc2ncccc2F)[C@H]2OCCC[C@H]21. The summed E-state index contributed by atoms with van der Waals surface area (Å²) in [5.74, 6) is -3.47. The summed E-state index contributed by atoms with van der Waals surface area (Å²) in [6, 6.07) is 2.73. The fraction of sp³-hybridized carbons (Fsp3) is 0.444. The highest BCUT2D eigenvalue weighted by Crippen LogP contribution is 2.32. The Labute approximate surface area is 177 Å². The Bertz CT molecular complexity index is 912. The molecule has 2 aromatic rings. The molecule has 0 aliphatic carbocycles. The van der Waals surface area contributed by atoms with Gasteiger partial charge in [-0.3, -0.25) is 4.79 Å². The molecular formula is C18H17F4N3O5S. The molecule has 4 heterocycles. The van der Waals surface area contributed by atoms with E-state index in [1.165, 1.54) is 29.7 Å². The minimum atomic E-state index is -5.08. The summed E-state index contributed by atoms with van der Waals surface area (Å²) in [5, 5.41) is 8.85. The van der Waals surface area contributed by atoms with Gasteiger partial charge in [0.2, 0.25) is 0 Å². The number of likely N-dealkylation sites (tertiary alicyclic amines) is 1. The van der Waals surface area contributed by atoms with E-state index in [9.17, 15) is 22.4 Å². The molecule has 0 radical (unpaired) electrons. The maximum Gasteiger partial charge on any atom is 0.490 e. The van der Waals surface area contributed by atoms with Gasteiger partial charge in [0.1, 0.15) is 17.9 Å². The predicted molar refractivity (Wildman–Crippen MR) is 98.2 cm³/mol. The molecule has 0 spiro atoms. The van der Waals surface area contributed by atoms with E-state index in [0.717, 1.165) is 12.8 Å². The predicted octanol–water partition coefficient (Wildman–Crippen LogP) is 2.76. The van der Waals surface area contributed by atoms with E-state index in [0.29, 0.717) is 18.8 Å². The van der Waals surface area contributed by atoms with Crippen molar-refractivity contribution in [3.63, 3.8) is 0 Å². The highest BCUT2D eigenvalue weighted by atomic mass is 32.1. The van der Waals surface area contributed by atoms with Crippen molar-refractivity contribution in [2.45, 2.75) is 37.3 Å². The van der Waals surface area contributed by atoms with E-state index in [-0.39, 0.29) is 23.9 Å². The van der Waals surface area contributed by atoms with Crippen molar-refractivity contribution in [2.75, 3.05) is 13.2 Å². The quantitative estimate of drug-likeness (QED) is 0.699. The van der Waals surface area contributed by atoms with Crippen molar-refractivity contribution in [3.05, 3.63) is 40.7 Å². The maximum atomic E-state index is 13.8. The lowest BCUT2D eigenvalue weighted by Crippen LogP contribution is -2.44. The number of hydrogen-bond donors (Lipinski definition) is 1. The van der Waals surface area contributed by atoms with Crippen molar-refractivity contribution in [2.24, 2.45) is 0 Å². The number of carboxylic acid groups (broad SMARTS) is 1. The van der Waals surface area contributed by atoms with Crippen LogP contribution in [0.5, 0.6) is 5.88 Å². The zero-order valence-corrected chi connectivity index (χ0v) is 16.6. The zero-order chi connectivity index (χ0) is 22.6. The Morgan fingerprint density at radius 2 is 2.06 bits per heavy atom. The summed E-state index contributed by atoms with van der Waals surface area (Å²) in [6.07, 6.45) is -2.60. The van der Waals surface area contributed by atoms with Crippen LogP contribution in [0.2, 0.25) is 0 Å². The molecule has 0 unspecified atom stereocenters. The van der Waals surface area contributed by atoms with Crippen LogP contribution in [0.1, 0.15) is 23.3 Å². The normalized spacial score (nSPS) is 22.8. The molecular weight excluding hydrogens is 446 g/mol. The monoisotopic (exact) mass is 463 g/mol. The number of rotatable bonds is 3. The molecule has 3 atom stereocenters. The number of aromatic nitrogens is 2. The standard InChI is InChI=1S/C16H16FN3O3S.C2HF3O2/c17-10-3-1-5-18-15(10)23-13-7-20(12-4-2-6-22-14(12)13)16(21)11-8-24-9-19-11;3-2(4,5)1(6)7/h1,3,5,8-9,12-14H,2,4,6-7H2;(H,6,7)/t12-,13+,14+;/m1./s1. The molecule has 1 N–H and O–H groups in total. The number of carbonyl (C=O) groups excluding carboxylic acids is 1. The number of ether oxygens (including phenoxy) is 2. The second-order valence-electron chi connectivity index (χ2n) is 6.63.